The molecule has 0 aliphatic rings. The lowest BCUT2D eigenvalue weighted by atomic mass is 10.1. The van der Waals surface area contributed by atoms with E-state index >= 15 is 0 Å². The molecule has 0 amide bonds. The fourth-order valence-corrected chi connectivity index (χ4v) is 2.11. The average Bonchev–Trinajstić information content (AvgIpc) is 2.26. The second-order valence-electron chi connectivity index (χ2n) is 3.14. The molecule has 0 heterocycles. The first-order valence-corrected chi connectivity index (χ1v) is 6.51. The summed E-state index contributed by atoms with van der Waals surface area (Å²) in [6.45, 7) is 5.57. The van der Waals surface area contributed by atoms with Crippen LogP contribution in [-0.2, 0) is 0 Å². The van der Waals surface area contributed by atoms with Crippen molar-refractivity contribution in [3.05, 3.63) is 47.0 Å². The van der Waals surface area contributed by atoms with E-state index in [9.17, 15) is 4.79 Å². The Balaban J connectivity index is 2.67. The molecule has 0 fully saturated rings. The predicted molar refractivity (Wildman–Crippen MR) is 70.6 cm³/mol. The number of ketones is 1. The fourth-order valence-electron chi connectivity index (χ4n) is 1.14. The summed E-state index contributed by atoms with van der Waals surface area (Å²) in [5, 5.41) is -0.0100. The molecule has 0 aliphatic carbocycles. The number of hydrogen-bond donors (Lipinski definition) is 0. The van der Waals surface area contributed by atoms with Gasteiger partial charge >= 0.3 is 0 Å². The zero-order valence-corrected chi connectivity index (χ0v) is 11.0. The molecule has 1 unspecified atom stereocenters. The molecule has 0 radical (unpaired) electrons. The third-order valence-corrected chi connectivity index (χ3v) is 3.63. The first-order valence-electron chi connectivity index (χ1n) is 4.67. The molecular weight excluding hydrogens is 272 g/mol. The van der Waals surface area contributed by atoms with Crippen molar-refractivity contribution in [2.75, 3.05) is 5.75 Å². The van der Waals surface area contributed by atoms with Gasteiger partial charge in [0.15, 0.2) is 5.78 Å². The maximum absolute atomic E-state index is 11.9. The molecule has 0 saturated heterocycles. The Hall–Kier alpha value is -0.540. The molecule has 1 rings (SSSR count). The van der Waals surface area contributed by atoms with Crippen LogP contribution in [0.25, 0.3) is 0 Å². The van der Waals surface area contributed by atoms with Gasteiger partial charge in [0.25, 0.3) is 0 Å². The molecule has 0 aliphatic heterocycles. The Labute approximate surface area is 103 Å². The van der Waals surface area contributed by atoms with Gasteiger partial charge in [-0.25, -0.2) is 0 Å². The average molecular weight is 285 g/mol. The largest absolute Gasteiger partial charge is 0.293 e. The third-order valence-electron chi connectivity index (χ3n) is 1.96. The molecule has 1 nitrogen and oxygen atoms in total. The van der Waals surface area contributed by atoms with Gasteiger partial charge in [-0.15, -0.1) is 18.3 Å². The number of hydrogen-bond acceptors (Lipinski definition) is 2. The van der Waals surface area contributed by atoms with E-state index in [1.807, 2.05) is 37.3 Å². The molecule has 0 spiro atoms. The van der Waals surface area contributed by atoms with Gasteiger partial charge in [0.1, 0.15) is 0 Å². The maximum atomic E-state index is 11.9. The SMILES string of the molecule is C=CCSC(C)C(=O)c1ccc(Br)cc1. The van der Waals surface area contributed by atoms with Crippen LogP contribution in [0.1, 0.15) is 17.3 Å². The number of rotatable bonds is 5. The molecule has 3 heteroatoms. The van der Waals surface area contributed by atoms with E-state index in [1.54, 1.807) is 11.8 Å². The van der Waals surface area contributed by atoms with Crippen molar-refractivity contribution in [3.8, 4) is 0 Å². The van der Waals surface area contributed by atoms with E-state index in [-0.39, 0.29) is 11.0 Å². The summed E-state index contributed by atoms with van der Waals surface area (Å²) in [6.07, 6.45) is 1.82. The van der Waals surface area contributed by atoms with Crippen molar-refractivity contribution in [2.24, 2.45) is 0 Å². The number of carbonyl (C=O) groups excluding carboxylic acids is 1. The third kappa shape index (κ3) is 3.84. The minimum atomic E-state index is -0.0100. The molecule has 0 N–H and O–H groups in total. The van der Waals surface area contributed by atoms with Gasteiger partial charge in [0, 0.05) is 15.8 Å². The molecular formula is C12H13BrOS. The van der Waals surface area contributed by atoms with Crippen LogP contribution in [0.15, 0.2) is 41.4 Å². The summed E-state index contributed by atoms with van der Waals surface area (Å²) in [4.78, 5) is 11.9. The van der Waals surface area contributed by atoms with E-state index in [1.165, 1.54) is 0 Å². The van der Waals surface area contributed by atoms with Crippen LogP contribution in [0, 0.1) is 0 Å². The molecule has 1 aromatic carbocycles. The Morgan fingerprint density at radius 1 is 1.53 bits per heavy atom. The number of thioether (sulfide) groups is 1. The van der Waals surface area contributed by atoms with E-state index in [2.05, 4.69) is 22.5 Å². The fraction of sp³-hybridized carbons (Fsp3) is 0.250. The van der Waals surface area contributed by atoms with Crippen molar-refractivity contribution in [2.45, 2.75) is 12.2 Å². The molecule has 0 saturated carbocycles. The second kappa shape index (κ2) is 6.13. The molecule has 0 aromatic heterocycles. The molecule has 80 valence electrons. The quantitative estimate of drug-likeness (QED) is 0.602. The highest BCUT2D eigenvalue weighted by atomic mass is 79.9. The lowest BCUT2D eigenvalue weighted by Gasteiger charge is -2.08. The monoisotopic (exact) mass is 284 g/mol. The van der Waals surface area contributed by atoms with E-state index in [4.69, 9.17) is 0 Å². The zero-order valence-electron chi connectivity index (χ0n) is 8.57. The van der Waals surface area contributed by atoms with E-state index < -0.39 is 0 Å². The van der Waals surface area contributed by atoms with Crippen molar-refractivity contribution in [1.82, 2.24) is 0 Å². The van der Waals surface area contributed by atoms with Crippen LogP contribution in [-0.4, -0.2) is 16.8 Å². The predicted octanol–water partition coefficient (Wildman–Crippen LogP) is 3.94. The van der Waals surface area contributed by atoms with E-state index in [0.29, 0.717) is 0 Å². The highest BCUT2D eigenvalue weighted by Gasteiger charge is 2.14. The van der Waals surface area contributed by atoms with Crippen LogP contribution < -0.4 is 0 Å². The Kier molecular flexibility index (Phi) is 5.12. The van der Waals surface area contributed by atoms with Crippen molar-refractivity contribution in [1.29, 1.82) is 0 Å². The summed E-state index contributed by atoms with van der Waals surface area (Å²) < 4.78 is 0.991. The summed E-state index contributed by atoms with van der Waals surface area (Å²) in [7, 11) is 0. The number of benzene rings is 1. The second-order valence-corrected chi connectivity index (χ2v) is 5.42. The molecule has 1 atom stereocenters. The van der Waals surface area contributed by atoms with Crippen LogP contribution in [0.3, 0.4) is 0 Å². The Morgan fingerprint density at radius 2 is 2.13 bits per heavy atom. The number of halogens is 1. The Bertz CT molecular complexity index is 345. The zero-order chi connectivity index (χ0) is 11.3. The lowest BCUT2D eigenvalue weighted by Crippen LogP contribution is -2.13. The standard InChI is InChI=1S/C12H13BrOS/c1-3-8-15-9(2)12(14)10-4-6-11(13)7-5-10/h3-7,9H,1,8H2,2H3. The minimum absolute atomic E-state index is 0.0100. The Morgan fingerprint density at radius 3 is 2.67 bits per heavy atom. The summed E-state index contributed by atoms with van der Waals surface area (Å²) >= 11 is 4.95. The van der Waals surface area contributed by atoms with Crippen LogP contribution in [0.2, 0.25) is 0 Å². The summed E-state index contributed by atoms with van der Waals surface area (Å²) in [6, 6.07) is 7.46. The smallest absolute Gasteiger partial charge is 0.175 e. The highest BCUT2D eigenvalue weighted by molar-refractivity contribution is 9.10. The van der Waals surface area contributed by atoms with Crippen LogP contribution >= 0.6 is 27.7 Å². The number of Topliss-reactive ketones (excluding diaryl/α,β-unsaturated/α-hetero) is 1. The first-order chi connectivity index (χ1) is 7.15. The van der Waals surface area contributed by atoms with Gasteiger partial charge in [-0.2, -0.15) is 0 Å². The summed E-state index contributed by atoms with van der Waals surface area (Å²) in [5.41, 5.74) is 0.766. The van der Waals surface area contributed by atoms with Crippen molar-refractivity contribution >= 4 is 33.5 Å². The van der Waals surface area contributed by atoms with Gasteiger partial charge in [-0.3, -0.25) is 4.79 Å². The molecule has 1 aromatic rings. The van der Waals surface area contributed by atoms with Crippen molar-refractivity contribution in [3.63, 3.8) is 0 Å². The minimum Gasteiger partial charge on any atom is -0.293 e. The maximum Gasteiger partial charge on any atom is 0.175 e. The summed E-state index contributed by atoms with van der Waals surface area (Å²) in [5.74, 6) is 0.984. The normalized spacial score (nSPS) is 12.1. The van der Waals surface area contributed by atoms with Gasteiger partial charge in [-0.05, 0) is 19.1 Å². The van der Waals surface area contributed by atoms with E-state index in [0.717, 1.165) is 15.8 Å². The van der Waals surface area contributed by atoms with Crippen LogP contribution in [0.4, 0.5) is 0 Å². The van der Waals surface area contributed by atoms with Crippen LogP contribution in [0.5, 0.6) is 0 Å². The van der Waals surface area contributed by atoms with Gasteiger partial charge < -0.3 is 0 Å². The molecule has 0 bridgehead atoms. The van der Waals surface area contributed by atoms with Gasteiger partial charge in [-0.1, -0.05) is 34.1 Å². The number of carbonyl (C=O) groups is 1. The van der Waals surface area contributed by atoms with Gasteiger partial charge in [0.05, 0.1) is 5.25 Å². The topological polar surface area (TPSA) is 17.1 Å². The van der Waals surface area contributed by atoms with Crippen molar-refractivity contribution < 1.29 is 4.79 Å². The highest BCUT2D eigenvalue weighted by Crippen LogP contribution is 2.18. The first kappa shape index (κ1) is 12.5. The van der Waals surface area contributed by atoms with Gasteiger partial charge in [0.2, 0.25) is 0 Å². The lowest BCUT2D eigenvalue weighted by molar-refractivity contribution is 0.0994. The molecule has 15 heavy (non-hydrogen) atoms.